The molecule has 0 aromatic heterocycles. The largest absolute Gasteiger partial charge is 0.359 e. The summed E-state index contributed by atoms with van der Waals surface area (Å²) in [7, 11) is 0. The van der Waals surface area contributed by atoms with Gasteiger partial charge in [-0.25, -0.2) is 0 Å². The lowest BCUT2D eigenvalue weighted by Gasteiger charge is -2.27. The summed E-state index contributed by atoms with van der Waals surface area (Å²) in [4.78, 5) is 4.52. The normalized spacial score (nSPS) is 35.7. The number of nitrogens with zero attached hydrogens (tertiary/aromatic N) is 1. The minimum atomic E-state index is 0.555. The molecule has 15 heavy (non-hydrogen) atoms. The van der Waals surface area contributed by atoms with Crippen molar-refractivity contribution >= 4 is 5.71 Å². The zero-order valence-corrected chi connectivity index (χ0v) is 8.46. The van der Waals surface area contributed by atoms with Crippen LogP contribution in [0.5, 0.6) is 0 Å². The van der Waals surface area contributed by atoms with Crippen LogP contribution in [0.4, 0.5) is 0 Å². The van der Waals surface area contributed by atoms with E-state index in [1.165, 1.54) is 29.8 Å². The van der Waals surface area contributed by atoms with Crippen LogP contribution in [-0.2, 0) is 0 Å². The Morgan fingerprint density at radius 2 is 2.40 bits per heavy atom. The maximum atomic E-state index is 4.52. The molecule has 4 rings (SSSR count). The van der Waals surface area contributed by atoms with Gasteiger partial charge in [0, 0.05) is 24.4 Å². The van der Waals surface area contributed by atoms with E-state index in [-0.39, 0.29) is 0 Å². The molecule has 0 saturated heterocycles. The van der Waals surface area contributed by atoms with Crippen LogP contribution in [0.2, 0.25) is 0 Å². The zero-order chi connectivity index (χ0) is 9.83. The van der Waals surface area contributed by atoms with Gasteiger partial charge < -0.3 is 10.6 Å². The van der Waals surface area contributed by atoms with E-state index in [9.17, 15) is 0 Å². The molecule has 2 aliphatic carbocycles. The smallest absolute Gasteiger partial charge is 0.0909 e. The molecule has 3 nitrogen and oxygen atoms in total. The van der Waals surface area contributed by atoms with Gasteiger partial charge in [0.15, 0.2) is 0 Å². The molecule has 4 aliphatic rings. The van der Waals surface area contributed by atoms with Gasteiger partial charge in [-0.3, -0.25) is 4.99 Å². The molecular formula is C12H13N3. The van der Waals surface area contributed by atoms with Crippen LogP contribution in [-0.4, -0.2) is 18.3 Å². The number of fused-ring (bicyclic) bond motifs is 1. The molecule has 2 heterocycles. The topological polar surface area (TPSA) is 36.4 Å². The van der Waals surface area contributed by atoms with Gasteiger partial charge in [-0.2, -0.15) is 0 Å². The van der Waals surface area contributed by atoms with Crippen molar-refractivity contribution in [3.63, 3.8) is 0 Å². The average Bonchev–Trinajstić information content (AvgIpc) is 2.46. The van der Waals surface area contributed by atoms with Crippen LogP contribution in [0.3, 0.4) is 0 Å². The lowest BCUT2D eigenvalue weighted by atomic mass is 9.88. The Balaban J connectivity index is 1.92. The van der Waals surface area contributed by atoms with Gasteiger partial charge >= 0.3 is 0 Å². The van der Waals surface area contributed by atoms with Crippen molar-refractivity contribution in [1.29, 1.82) is 0 Å². The monoisotopic (exact) mass is 199 g/mol. The maximum absolute atomic E-state index is 4.52. The molecule has 0 aromatic rings. The minimum absolute atomic E-state index is 0.555. The highest BCUT2D eigenvalue weighted by Crippen LogP contribution is 2.43. The van der Waals surface area contributed by atoms with Gasteiger partial charge in [-0.05, 0) is 25.0 Å². The van der Waals surface area contributed by atoms with Crippen LogP contribution in [0.25, 0.3) is 0 Å². The molecule has 76 valence electrons. The molecule has 2 N–H and O–H groups in total. The molecule has 2 unspecified atom stereocenters. The SMILES string of the molecule is C1=CNC2=CC3CC4NCCC3=C4C2=N1. The third-order valence-electron chi connectivity index (χ3n) is 3.81. The molecule has 0 radical (unpaired) electrons. The third-order valence-corrected chi connectivity index (χ3v) is 3.81. The standard InChI is InChI=1S/C12H13N3/c1-2-13-9-5-7-6-10-12(11(9)8(1)7)15-4-3-14-10/h3-4,6-7,9,13-14H,1-2,5H2. The molecular weight excluding hydrogens is 186 g/mol. The third kappa shape index (κ3) is 0.913. The number of rotatable bonds is 0. The second kappa shape index (κ2) is 2.61. The lowest BCUT2D eigenvalue weighted by molar-refractivity contribution is 0.573. The zero-order valence-electron chi connectivity index (χ0n) is 8.46. The minimum Gasteiger partial charge on any atom is -0.359 e. The van der Waals surface area contributed by atoms with Gasteiger partial charge in [0.05, 0.1) is 11.4 Å². The van der Waals surface area contributed by atoms with Crippen LogP contribution < -0.4 is 10.6 Å². The van der Waals surface area contributed by atoms with Crippen LogP contribution in [0.1, 0.15) is 12.8 Å². The van der Waals surface area contributed by atoms with Crippen LogP contribution in [0.15, 0.2) is 40.3 Å². The van der Waals surface area contributed by atoms with Gasteiger partial charge in [-0.1, -0.05) is 11.6 Å². The van der Waals surface area contributed by atoms with Crippen molar-refractivity contribution < 1.29 is 0 Å². The van der Waals surface area contributed by atoms with Crippen LogP contribution in [0, 0.1) is 5.92 Å². The second-order valence-corrected chi connectivity index (χ2v) is 4.56. The predicted octanol–water partition coefficient (Wildman–Crippen LogP) is 1.08. The molecule has 0 amide bonds. The fourth-order valence-corrected chi connectivity index (χ4v) is 3.23. The fraction of sp³-hybridized carbons (Fsp3) is 0.417. The molecule has 0 spiro atoms. The van der Waals surface area contributed by atoms with E-state index in [1.54, 1.807) is 5.57 Å². The molecule has 0 saturated carbocycles. The van der Waals surface area contributed by atoms with Gasteiger partial charge in [-0.15, -0.1) is 0 Å². The highest BCUT2D eigenvalue weighted by molar-refractivity contribution is 6.15. The molecule has 0 aromatic carbocycles. The van der Waals surface area contributed by atoms with Crippen molar-refractivity contribution in [2.75, 3.05) is 6.54 Å². The summed E-state index contributed by atoms with van der Waals surface area (Å²) < 4.78 is 0. The first-order valence-corrected chi connectivity index (χ1v) is 5.62. The van der Waals surface area contributed by atoms with Crippen molar-refractivity contribution in [3.8, 4) is 0 Å². The average molecular weight is 199 g/mol. The van der Waals surface area contributed by atoms with E-state index >= 15 is 0 Å². The maximum Gasteiger partial charge on any atom is 0.0909 e. The van der Waals surface area contributed by atoms with Crippen molar-refractivity contribution in [3.05, 3.63) is 35.3 Å². The Morgan fingerprint density at radius 3 is 3.40 bits per heavy atom. The molecule has 4 bridgehead atoms. The number of hydrogen-bond donors (Lipinski definition) is 2. The summed E-state index contributed by atoms with van der Waals surface area (Å²) in [6, 6.07) is 0.555. The van der Waals surface area contributed by atoms with E-state index in [1.807, 2.05) is 12.4 Å². The van der Waals surface area contributed by atoms with E-state index < -0.39 is 0 Å². The Labute approximate surface area is 88.7 Å². The summed E-state index contributed by atoms with van der Waals surface area (Å²) in [6.07, 6.45) is 8.55. The molecule has 3 heteroatoms. The Hall–Kier alpha value is -1.35. The summed E-state index contributed by atoms with van der Waals surface area (Å²) in [5.74, 6) is 0.660. The summed E-state index contributed by atoms with van der Waals surface area (Å²) >= 11 is 0. The first-order valence-electron chi connectivity index (χ1n) is 5.62. The predicted molar refractivity (Wildman–Crippen MR) is 59.3 cm³/mol. The number of hydrogen-bond acceptors (Lipinski definition) is 3. The Morgan fingerprint density at radius 1 is 1.40 bits per heavy atom. The summed E-state index contributed by atoms with van der Waals surface area (Å²) in [5, 5.41) is 6.89. The fourth-order valence-electron chi connectivity index (χ4n) is 3.23. The lowest BCUT2D eigenvalue weighted by Crippen LogP contribution is -2.37. The molecule has 0 fully saturated rings. The number of allylic oxidation sites excluding steroid dienone is 2. The van der Waals surface area contributed by atoms with Crippen LogP contribution >= 0.6 is 0 Å². The highest BCUT2D eigenvalue weighted by Gasteiger charge is 2.41. The molecule has 2 aliphatic heterocycles. The van der Waals surface area contributed by atoms with E-state index in [2.05, 4.69) is 21.7 Å². The van der Waals surface area contributed by atoms with Crippen molar-refractivity contribution in [2.24, 2.45) is 10.9 Å². The summed E-state index contributed by atoms with van der Waals surface area (Å²) in [5.41, 5.74) is 5.52. The highest BCUT2D eigenvalue weighted by atomic mass is 15.0. The first-order chi connectivity index (χ1) is 7.43. The van der Waals surface area contributed by atoms with E-state index in [4.69, 9.17) is 0 Å². The van der Waals surface area contributed by atoms with Gasteiger partial charge in [0.2, 0.25) is 0 Å². The van der Waals surface area contributed by atoms with Gasteiger partial charge in [0.1, 0.15) is 0 Å². The van der Waals surface area contributed by atoms with E-state index in [0.29, 0.717) is 12.0 Å². The Bertz CT molecular complexity index is 453. The summed E-state index contributed by atoms with van der Waals surface area (Å²) in [6.45, 7) is 1.14. The van der Waals surface area contributed by atoms with Crippen molar-refractivity contribution in [2.45, 2.75) is 18.9 Å². The first kappa shape index (κ1) is 7.88. The number of aliphatic imine (C=N–C) groups is 1. The number of nitrogens with one attached hydrogen (secondary N) is 2. The quantitative estimate of drug-likeness (QED) is 0.612. The Kier molecular flexibility index (Phi) is 1.37. The molecule has 2 atom stereocenters. The van der Waals surface area contributed by atoms with Crippen molar-refractivity contribution in [1.82, 2.24) is 10.6 Å². The second-order valence-electron chi connectivity index (χ2n) is 4.56. The van der Waals surface area contributed by atoms with Gasteiger partial charge in [0.25, 0.3) is 0 Å². The van der Waals surface area contributed by atoms with E-state index in [0.717, 1.165) is 6.54 Å².